The van der Waals surface area contributed by atoms with Crippen molar-refractivity contribution in [2.24, 2.45) is 0 Å². The molecule has 0 saturated carbocycles. The Labute approximate surface area is 81.8 Å². The molecule has 0 spiro atoms. The van der Waals surface area contributed by atoms with Crippen molar-refractivity contribution >= 4 is 0 Å². The molecule has 78 valence electrons. The van der Waals surface area contributed by atoms with E-state index in [0.717, 1.165) is 24.1 Å². The molecule has 0 aromatic heterocycles. The van der Waals surface area contributed by atoms with E-state index >= 15 is 0 Å². The van der Waals surface area contributed by atoms with Crippen LogP contribution in [-0.2, 0) is 6.18 Å². The van der Waals surface area contributed by atoms with Gasteiger partial charge in [0.1, 0.15) is 0 Å². The molecule has 0 heterocycles. The van der Waals surface area contributed by atoms with E-state index in [1.54, 1.807) is 12.1 Å². The normalized spacial score (nSPS) is 14.1. The van der Waals surface area contributed by atoms with Gasteiger partial charge in [-0.2, -0.15) is 13.2 Å². The van der Waals surface area contributed by atoms with E-state index in [4.69, 9.17) is 0 Å². The molecule has 1 rings (SSSR count). The molecule has 0 bridgehead atoms. The highest BCUT2D eigenvalue weighted by Gasteiger charge is 2.29. The van der Waals surface area contributed by atoms with Crippen molar-refractivity contribution in [3.05, 3.63) is 35.4 Å². The van der Waals surface area contributed by atoms with Gasteiger partial charge in [-0.05, 0) is 30.0 Å². The standard InChI is InChI=1S/C11H13F3/c1-3-8(2)9-4-6-10(7-5-9)11(12,13)14/h4-8H,3H2,1-2H3. The second-order valence-electron chi connectivity index (χ2n) is 3.43. The highest BCUT2D eigenvalue weighted by molar-refractivity contribution is 5.26. The minimum atomic E-state index is -4.23. The maximum atomic E-state index is 12.2. The summed E-state index contributed by atoms with van der Waals surface area (Å²) in [6.45, 7) is 4.02. The van der Waals surface area contributed by atoms with E-state index in [1.165, 1.54) is 0 Å². The lowest BCUT2D eigenvalue weighted by Gasteiger charge is -2.11. The number of alkyl halides is 3. The van der Waals surface area contributed by atoms with Gasteiger partial charge in [0.25, 0.3) is 0 Å². The molecule has 0 nitrogen and oxygen atoms in total. The molecule has 0 aliphatic heterocycles. The third-order valence-electron chi connectivity index (χ3n) is 2.42. The summed E-state index contributed by atoms with van der Waals surface area (Å²) in [5, 5.41) is 0. The number of hydrogen-bond acceptors (Lipinski definition) is 0. The smallest absolute Gasteiger partial charge is 0.166 e. The highest BCUT2D eigenvalue weighted by atomic mass is 19.4. The lowest BCUT2D eigenvalue weighted by Crippen LogP contribution is -2.04. The molecule has 1 aromatic rings. The molecule has 14 heavy (non-hydrogen) atoms. The number of hydrogen-bond donors (Lipinski definition) is 0. The Balaban J connectivity index is 2.89. The molecule has 3 heteroatoms. The third kappa shape index (κ3) is 2.50. The van der Waals surface area contributed by atoms with Crippen LogP contribution in [0.5, 0.6) is 0 Å². The van der Waals surface area contributed by atoms with Crippen LogP contribution >= 0.6 is 0 Å². The Morgan fingerprint density at radius 3 is 2.00 bits per heavy atom. The van der Waals surface area contributed by atoms with Crippen LogP contribution in [0.3, 0.4) is 0 Å². The van der Waals surface area contributed by atoms with E-state index in [1.807, 2.05) is 13.8 Å². The number of rotatable bonds is 2. The molecule has 0 amide bonds. The van der Waals surface area contributed by atoms with Gasteiger partial charge in [-0.15, -0.1) is 0 Å². The molecule has 0 N–H and O–H groups in total. The molecule has 1 unspecified atom stereocenters. The largest absolute Gasteiger partial charge is 0.416 e. The summed E-state index contributed by atoms with van der Waals surface area (Å²) < 4.78 is 36.6. The Morgan fingerprint density at radius 2 is 1.64 bits per heavy atom. The van der Waals surface area contributed by atoms with Crippen molar-refractivity contribution < 1.29 is 13.2 Å². The van der Waals surface area contributed by atoms with Crippen molar-refractivity contribution in [3.8, 4) is 0 Å². The Hall–Kier alpha value is -0.990. The second-order valence-corrected chi connectivity index (χ2v) is 3.43. The first kappa shape index (κ1) is 11.1. The average Bonchev–Trinajstić information content (AvgIpc) is 2.15. The van der Waals surface area contributed by atoms with Crippen LogP contribution in [0.2, 0.25) is 0 Å². The van der Waals surface area contributed by atoms with E-state index in [0.29, 0.717) is 5.92 Å². The second kappa shape index (κ2) is 4.03. The lowest BCUT2D eigenvalue weighted by atomic mass is 9.98. The van der Waals surface area contributed by atoms with Crippen LogP contribution in [0, 0.1) is 0 Å². The number of halogens is 3. The fourth-order valence-corrected chi connectivity index (χ4v) is 1.24. The van der Waals surface area contributed by atoms with E-state index in [9.17, 15) is 13.2 Å². The molecule has 0 aliphatic carbocycles. The third-order valence-corrected chi connectivity index (χ3v) is 2.42. The summed E-state index contributed by atoms with van der Waals surface area (Å²) >= 11 is 0. The van der Waals surface area contributed by atoms with Gasteiger partial charge in [-0.3, -0.25) is 0 Å². The zero-order chi connectivity index (χ0) is 10.8. The zero-order valence-corrected chi connectivity index (χ0v) is 8.23. The summed E-state index contributed by atoms with van der Waals surface area (Å²) in [4.78, 5) is 0. The highest BCUT2D eigenvalue weighted by Crippen LogP contribution is 2.30. The summed E-state index contributed by atoms with van der Waals surface area (Å²) in [5.74, 6) is 0.317. The number of benzene rings is 1. The van der Waals surface area contributed by atoms with Crippen molar-refractivity contribution in [1.29, 1.82) is 0 Å². The van der Waals surface area contributed by atoms with E-state index in [-0.39, 0.29) is 0 Å². The predicted molar refractivity (Wildman–Crippen MR) is 50.2 cm³/mol. The first-order chi connectivity index (χ1) is 6.45. The summed E-state index contributed by atoms with van der Waals surface area (Å²) in [7, 11) is 0. The molecule has 0 fully saturated rings. The fourth-order valence-electron chi connectivity index (χ4n) is 1.24. The van der Waals surface area contributed by atoms with Gasteiger partial charge in [-0.1, -0.05) is 26.0 Å². The maximum Gasteiger partial charge on any atom is 0.416 e. The minimum absolute atomic E-state index is 0.317. The first-order valence-corrected chi connectivity index (χ1v) is 4.62. The topological polar surface area (TPSA) is 0 Å². The van der Waals surface area contributed by atoms with Gasteiger partial charge in [-0.25, -0.2) is 0 Å². The van der Waals surface area contributed by atoms with Gasteiger partial charge in [0.2, 0.25) is 0 Å². The van der Waals surface area contributed by atoms with Crippen LogP contribution in [0.4, 0.5) is 13.2 Å². The summed E-state index contributed by atoms with van der Waals surface area (Å²) in [6, 6.07) is 5.39. The lowest BCUT2D eigenvalue weighted by molar-refractivity contribution is -0.137. The Morgan fingerprint density at radius 1 is 1.14 bits per heavy atom. The molecule has 0 aliphatic rings. The van der Waals surface area contributed by atoms with Crippen LogP contribution in [-0.4, -0.2) is 0 Å². The molecular formula is C11H13F3. The first-order valence-electron chi connectivity index (χ1n) is 4.62. The molecule has 0 saturated heterocycles. The average molecular weight is 202 g/mol. The predicted octanol–water partition coefficient (Wildman–Crippen LogP) is 4.22. The Bertz CT molecular complexity index is 284. The van der Waals surface area contributed by atoms with Crippen molar-refractivity contribution in [2.45, 2.75) is 32.4 Å². The van der Waals surface area contributed by atoms with Gasteiger partial charge in [0.15, 0.2) is 0 Å². The summed E-state index contributed by atoms with van der Waals surface area (Å²) in [5.41, 5.74) is 0.380. The Kier molecular flexibility index (Phi) is 3.19. The van der Waals surface area contributed by atoms with Crippen LogP contribution in [0.1, 0.15) is 37.3 Å². The monoisotopic (exact) mass is 202 g/mol. The molecule has 1 atom stereocenters. The zero-order valence-electron chi connectivity index (χ0n) is 8.23. The minimum Gasteiger partial charge on any atom is -0.166 e. The summed E-state index contributed by atoms with van der Waals surface area (Å²) in [6.07, 6.45) is -3.29. The molecule has 1 aromatic carbocycles. The van der Waals surface area contributed by atoms with E-state index < -0.39 is 11.7 Å². The van der Waals surface area contributed by atoms with Gasteiger partial charge >= 0.3 is 6.18 Å². The van der Waals surface area contributed by atoms with Gasteiger partial charge in [0.05, 0.1) is 5.56 Å². The maximum absolute atomic E-state index is 12.2. The fraction of sp³-hybridized carbons (Fsp3) is 0.455. The molecular weight excluding hydrogens is 189 g/mol. The van der Waals surface area contributed by atoms with Gasteiger partial charge < -0.3 is 0 Å². The van der Waals surface area contributed by atoms with Gasteiger partial charge in [0, 0.05) is 0 Å². The van der Waals surface area contributed by atoms with Crippen LogP contribution < -0.4 is 0 Å². The van der Waals surface area contributed by atoms with Crippen molar-refractivity contribution in [2.75, 3.05) is 0 Å². The van der Waals surface area contributed by atoms with Crippen LogP contribution in [0.15, 0.2) is 24.3 Å². The van der Waals surface area contributed by atoms with Crippen molar-refractivity contribution in [3.63, 3.8) is 0 Å². The van der Waals surface area contributed by atoms with Crippen molar-refractivity contribution in [1.82, 2.24) is 0 Å². The van der Waals surface area contributed by atoms with Crippen LogP contribution in [0.25, 0.3) is 0 Å². The molecule has 0 radical (unpaired) electrons. The SMILES string of the molecule is CCC(C)c1ccc(C(F)(F)F)cc1. The quantitative estimate of drug-likeness (QED) is 0.673. The van der Waals surface area contributed by atoms with E-state index in [2.05, 4.69) is 0 Å².